The van der Waals surface area contributed by atoms with Crippen molar-refractivity contribution in [3.05, 3.63) is 23.5 Å². The first-order valence-corrected chi connectivity index (χ1v) is 13.4. The number of carbonyl (C=O) groups is 2. The topological polar surface area (TPSA) is 123 Å². The van der Waals surface area contributed by atoms with Crippen LogP contribution in [0.4, 0.5) is 10.6 Å². The average Bonchev–Trinajstić information content (AvgIpc) is 3.49. The van der Waals surface area contributed by atoms with Gasteiger partial charge in [0, 0.05) is 36.8 Å². The molecule has 1 fully saturated rings. The highest BCUT2D eigenvalue weighted by Crippen LogP contribution is 2.35. The Morgan fingerprint density at radius 2 is 1.97 bits per heavy atom. The number of ether oxygens (including phenoxy) is 2. The third-order valence-corrected chi connectivity index (χ3v) is 7.56. The van der Waals surface area contributed by atoms with E-state index < -0.39 is 6.09 Å². The van der Waals surface area contributed by atoms with Gasteiger partial charge in [0.15, 0.2) is 23.1 Å². The number of piperidine rings is 1. The van der Waals surface area contributed by atoms with Crippen molar-refractivity contribution in [1.82, 2.24) is 29.8 Å². The second kappa shape index (κ2) is 10.9. The van der Waals surface area contributed by atoms with E-state index >= 15 is 0 Å². The normalized spacial score (nSPS) is 15.5. The summed E-state index contributed by atoms with van der Waals surface area (Å²) in [6.07, 6.45) is 4.37. The van der Waals surface area contributed by atoms with Crippen molar-refractivity contribution in [2.45, 2.75) is 59.5 Å². The quantitative estimate of drug-likeness (QED) is 0.470. The van der Waals surface area contributed by atoms with Gasteiger partial charge in [-0.1, -0.05) is 20.8 Å². The van der Waals surface area contributed by atoms with Crippen LogP contribution in [-0.2, 0) is 4.74 Å². The molecule has 3 aromatic heterocycles. The molecule has 4 heterocycles. The van der Waals surface area contributed by atoms with Crippen molar-refractivity contribution in [1.29, 1.82) is 0 Å². The van der Waals surface area contributed by atoms with Gasteiger partial charge in [-0.05, 0) is 32.1 Å². The summed E-state index contributed by atoms with van der Waals surface area (Å²) in [6.45, 7) is 11.7. The third-order valence-electron chi connectivity index (χ3n) is 6.67. The van der Waals surface area contributed by atoms with Crippen molar-refractivity contribution in [2.24, 2.45) is 5.41 Å². The number of alkyl carbamates (subject to hydrolysis) is 1. The maximum Gasteiger partial charge on any atom is 0.407 e. The largest absolute Gasteiger partial charge is 0.488 e. The van der Waals surface area contributed by atoms with E-state index in [1.807, 2.05) is 18.5 Å². The average molecular weight is 530 g/mol. The molecule has 0 aromatic carbocycles. The molecule has 37 heavy (non-hydrogen) atoms. The molecular weight excluding hydrogens is 494 g/mol. The van der Waals surface area contributed by atoms with E-state index in [4.69, 9.17) is 19.4 Å². The van der Waals surface area contributed by atoms with Gasteiger partial charge in [0.25, 0.3) is 5.91 Å². The summed E-state index contributed by atoms with van der Waals surface area (Å²) in [5, 5.41) is 12.6. The zero-order chi connectivity index (χ0) is 26.7. The molecule has 1 aliphatic heterocycles. The number of hydrogen-bond donors (Lipinski definition) is 2. The van der Waals surface area contributed by atoms with Gasteiger partial charge in [-0.25, -0.2) is 19.3 Å². The van der Waals surface area contributed by atoms with Crippen LogP contribution in [0.3, 0.4) is 0 Å². The van der Waals surface area contributed by atoms with Crippen LogP contribution in [0.15, 0.2) is 17.8 Å². The fourth-order valence-electron chi connectivity index (χ4n) is 4.00. The van der Waals surface area contributed by atoms with Crippen molar-refractivity contribution in [2.75, 3.05) is 32.1 Å². The molecule has 0 bridgehead atoms. The molecule has 2 amide bonds. The molecule has 2 N–H and O–H groups in total. The van der Waals surface area contributed by atoms with Gasteiger partial charge in [-0.3, -0.25) is 4.79 Å². The number of fused-ring (bicyclic) bond motifs is 1. The molecule has 1 saturated heterocycles. The summed E-state index contributed by atoms with van der Waals surface area (Å²) in [7, 11) is 1.34. The van der Waals surface area contributed by atoms with Crippen LogP contribution in [0.25, 0.3) is 16.2 Å². The number of nitrogens with one attached hydrogen (secondary N) is 2. The maximum atomic E-state index is 13.8. The lowest BCUT2D eigenvalue weighted by Gasteiger charge is -2.33. The molecule has 1 atom stereocenters. The fraction of sp³-hybridized carbons (Fsp3) is 0.560. The number of likely N-dealkylation sites (tertiary alicyclic amines) is 1. The summed E-state index contributed by atoms with van der Waals surface area (Å²) in [4.78, 5) is 37.7. The van der Waals surface area contributed by atoms with Crippen molar-refractivity contribution >= 4 is 34.0 Å². The van der Waals surface area contributed by atoms with E-state index in [1.54, 1.807) is 15.6 Å². The molecule has 0 spiro atoms. The second-order valence-electron chi connectivity index (χ2n) is 10.2. The van der Waals surface area contributed by atoms with Crippen LogP contribution in [0.2, 0.25) is 0 Å². The number of aromatic nitrogens is 4. The monoisotopic (exact) mass is 529 g/mol. The summed E-state index contributed by atoms with van der Waals surface area (Å²) in [5.41, 5.74) is 0.900. The molecule has 0 radical (unpaired) electrons. The molecule has 0 aliphatic carbocycles. The highest BCUT2D eigenvalue weighted by Gasteiger charge is 2.31. The third kappa shape index (κ3) is 5.79. The Labute approximate surface area is 220 Å². The minimum atomic E-state index is -0.464. The summed E-state index contributed by atoms with van der Waals surface area (Å²) in [6, 6.07) is -0.0142. The maximum absolute atomic E-state index is 13.8. The van der Waals surface area contributed by atoms with E-state index in [-0.39, 0.29) is 29.1 Å². The van der Waals surface area contributed by atoms with Crippen LogP contribution < -0.4 is 15.4 Å². The Bertz CT molecular complexity index is 1260. The molecular formula is C25H35N7O4S. The van der Waals surface area contributed by atoms with Gasteiger partial charge in [0.2, 0.25) is 0 Å². The summed E-state index contributed by atoms with van der Waals surface area (Å²) in [5.74, 6) is 1.01. The van der Waals surface area contributed by atoms with Gasteiger partial charge in [-0.2, -0.15) is 5.10 Å². The molecule has 1 aliphatic rings. The van der Waals surface area contributed by atoms with E-state index in [2.05, 4.69) is 43.4 Å². The number of amides is 2. The number of hydrogen-bond acceptors (Lipinski definition) is 9. The zero-order valence-electron chi connectivity index (χ0n) is 22.2. The molecule has 12 heteroatoms. The van der Waals surface area contributed by atoms with E-state index in [0.717, 1.165) is 10.4 Å². The minimum absolute atomic E-state index is 0.0338. The first kappa shape index (κ1) is 26.6. The second-order valence-corrected chi connectivity index (χ2v) is 11.0. The highest BCUT2D eigenvalue weighted by molar-refractivity contribution is 7.16. The SMILES string of the molecule is CCOc1c(N[C@H](C)C(C)(C)C)nc(-c2cnn3ccsc23)nc1C(=O)N1CCC(NC(=O)OC)CC1. The molecule has 0 unspecified atom stereocenters. The first-order valence-electron chi connectivity index (χ1n) is 12.5. The van der Waals surface area contributed by atoms with Crippen LogP contribution in [0.5, 0.6) is 5.75 Å². The van der Waals surface area contributed by atoms with Crippen molar-refractivity contribution < 1.29 is 19.1 Å². The Hall–Kier alpha value is -3.41. The van der Waals surface area contributed by atoms with Crippen molar-refractivity contribution in [3.63, 3.8) is 0 Å². The van der Waals surface area contributed by atoms with Gasteiger partial charge in [0.1, 0.15) is 4.83 Å². The van der Waals surface area contributed by atoms with Crippen LogP contribution in [0.1, 0.15) is 57.9 Å². The number of rotatable bonds is 7. The van der Waals surface area contributed by atoms with Crippen molar-refractivity contribution in [3.8, 4) is 17.1 Å². The highest BCUT2D eigenvalue weighted by atomic mass is 32.1. The fourth-order valence-corrected chi connectivity index (χ4v) is 4.79. The van der Waals surface area contributed by atoms with Gasteiger partial charge in [-0.15, -0.1) is 11.3 Å². The first-order chi connectivity index (χ1) is 17.6. The summed E-state index contributed by atoms with van der Waals surface area (Å²) < 4.78 is 12.5. The number of anilines is 1. The number of nitrogens with zero attached hydrogens (tertiary/aromatic N) is 5. The van der Waals surface area contributed by atoms with E-state index in [0.29, 0.717) is 49.9 Å². The molecule has 200 valence electrons. The molecule has 3 aromatic rings. The Morgan fingerprint density at radius 3 is 2.62 bits per heavy atom. The molecule has 11 nitrogen and oxygen atoms in total. The van der Waals surface area contributed by atoms with Crippen LogP contribution in [-0.4, -0.2) is 75.4 Å². The number of carbonyl (C=O) groups excluding carboxylic acids is 2. The van der Waals surface area contributed by atoms with Crippen LogP contribution in [0, 0.1) is 5.41 Å². The number of methoxy groups -OCH3 is 1. The lowest BCUT2D eigenvalue weighted by Crippen LogP contribution is -2.46. The van der Waals surface area contributed by atoms with E-state index in [9.17, 15) is 9.59 Å². The lowest BCUT2D eigenvalue weighted by molar-refractivity contribution is 0.0693. The Balaban J connectivity index is 1.72. The minimum Gasteiger partial charge on any atom is -0.488 e. The smallest absolute Gasteiger partial charge is 0.407 e. The predicted octanol–water partition coefficient (Wildman–Crippen LogP) is 4.06. The predicted molar refractivity (Wildman–Crippen MR) is 142 cm³/mol. The van der Waals surface area contributed by atoms with Crippen LogP contribution >= 0.6 is 11.3 Å². The molecule has 0 saturated carbocycles. The summed E-state index contributed by atoms with van der Waals surface area (Å²) >= 11 is 1.53. The Kier molecular flexibility index (Phi) is 7.86. The Morgan fingerprint density at radius 1 is 1.24 bits per heavy atom. The van der Waals surface area contributed by atoms with Gasteiger partial charge in [0.05, 0.1) is 25.5 Å². The van der Waals surface area contributed by atoms with Gasteiger partial charge < -0.3 is 25.0 Å². The standard InChI is InChI=1S/C25H35N7O4S/c1-7-36-19-18(22(33)31-10-8-16(9-11-31)28-24(34)35-6)29-20(17-14-26-32-12-13-37-23(17)32)30-21(19)27-15(2)25(3,4)5/h12-16H,7-11H2,1-6H3,(H,28,34)(H,27,29,30)/t15-/m1/s1. The van der Waals surface area contributed by atoms with E-state index in [1.165, 1.54) is 18.4 Å². The number of thiazole rings is 1. The molecule has 4 rings (SSSR count). The van der Waals surface area contributed by atoms with Gasteiger partial charge >= 0.3 is 6.09 Å². The lowest BCUT2D eigenvalue weighted by atomic mass is 9.88. The zero-order valence-corrected chi connectivity index (χ0v) is 23.0.